The van der Waals surface area contributed by atoms with Crippen LogP contribution in [0.3, 0.4) is 0 Å². The zero-order chi connectivity index (χ0) is 10.6. The van der Waals surface area contributed by atoms with E-state index in [1.165, 1.54) is 6.42 Å². The Morgan fingerprint density at radius 3 is 2.93 bits per heavy atom. The van der Waals surface area contributed by atoms with Gasteiger partial charge in [0.05, 0.1) is 5.54 Å². The molecule has 14 heavy (non-hydrogen) atoms. The lowest BCUT2D eigenvalue weighted by atomic mass is 9.72. The summed E-state index contributed by atoms with van der Waals surface area (Å²) in [5.74, 6) is 0.923. The van der Waals surface area contributed by atoms with Crippen molar-refractivity contribution in [2.24, 2.45) is 5.92 Å². The van der Waals surface area contributed by atoms with Gasteiger partial charge < -0.3 is 5.32 Å². The number of hydrogen-bond acceptors (Lipinski definition) is 2. The highest BCUT2D eigenvalue weighted by Crippen LogP contribution is 2.34. The number of allylic oxidation sites excluding steroid dienone is 1. The second-order valence-electron chi connectivity index (χ2n) is 4.38. The van der Waals surface area contributed by atoms with E-state index in [-0.39, 0.29) is 11.3 Å². The number of rotatable bonds is 4. The summed E-state index contributed by atoms with van der Waals surface area (Å²) in [4.78, 5) is 11.6. The molecule has 0 saturated heterocycles. The van der Waals surface area contributed by atoms with E-state index in [1.54, 1.807) is 6.92 Å². The van der Waals surface area contributed by atoms with Gasteiger partial charge in [-0.3, -0.25) is 4.79 Å². The van der Waals surface area contributed by atoms with Crippen molar-refractivity contribution in [2.75, 3.05) is 7.05 Å². The van der Waals surface area contributed by atoms with Gasteiger partial charge in [0.2, 0.25) is 0 Å². The fourth-order valence-corrected chi connectivity index (χ4v) is 2.55. The summed E-state index contributed by atoms with van der Waals surface area (Å²) < 4.78 is 0. The van der Waals surface area contributed by atoms with Gasteiger partial charge in [-0.05, 0) is 45.6 Å². The number of hydrogen-bond donors (Lipinski definition) is 1. The van der Waals surface area contributed by atoms with Gasteiger partial charge >= 0.3 is 0 Å². The Morgan fingerprint density at radius 2 is 2.43 bits per heavy atom. The van der Waals surface area contributed by atoms with Crippen molar-refractivity contribution in [1.29, 1.82) is 0 Å². The molecule has 0 bridgehead atoms. The Bertz CT molecular complexity index is 224. The van der Waals surface area contributed by atoms with E-state index >= 15 is 0 Å². The SMILES string of the molecule is C=CCC1CCCC(NC)(C(C)=O)C1. The summed E-state index contributed by atoms with van der Waals surface area (Å²) in [6, 6.07) is 0. The Hall–Kier alpha value is -0.630. The molecular weight excluding hydrogens is 174 g/mol. The molecule has 0 heterocycles. The second-order valence-corrected chi connectivity index (χ2v) is 4.38. The summed E-state index contributed by atoms with van der Waals surface area (Å²) in [5, 5.41) is 3.22. The molecule has 0 spiro atoms. The van der Waals surface area contributed by atoms with E-state index in [1.807, 2.05) is 13.1 Å². The average molecular weight is 195 g/mol. The maximum atomic E-state index is 11.6. The van der Waals surface area contributed by atoms with Crippen LogP contribution < -0.4 is 5.32 Å². The molecule has 1 N–H and O–H groups in total. The van der Waals surface area contributed by atoms with Crippen LogP contribution in [0.4, 0.5) is 0 Å². The third-order valence-electron chi connectivity index (χ3n) is 3.51. The zero-order valence-electron chi connectivity index (χ0n) is 9.31. The van der Waals surface area contributed by atoms with Gasteiger partial charge in [0.15, 0.2) is 0 Å². The van der Waals surface area contributed by atoms with Gasteiger partial charge in [0.25, 0.3) is 0 Å². The number of nitrogens with one attached hydrogen (secondary N) is 1. The van der Waals surface area contributed by atoms with E-state index in [0.29, 0.717) is 5.92 Å². The zero-order valence-corrected chi connectivity index (χ0v) is 9.31. The molecule has 2 heteroatoms. The highest BCUT2D eigenvalue weighted by atomic mass is 16.1. The van der Waals surface area contributed by atoms with E-state index in [9.17, 15) is 4.79 Å². The highest BCUT2D eigenvalue weighted by molar-refractivity contribution is 5.86. The molecule has 0 aromatic heterocycles. The standard InChI is InChI=1S/C12H21NO/c1-4-6-11-7-5-8-12(9-11,13-3)10(2)14/h4,11,13H,1,5-9H2,2-3H3. The average Bonchev–Trinajstić information content (AvgIpc) is 2.18. The number of likely N-dealkylation sites (N-methyl/N-ethyl adjacent to an activating group) is 1. The molecule has 80 valence electrons. The summed E-state index contributed by atoms with van der Waals surface area (Å²) in [6.07, 6.45) is 7.37. The Kier molecular flexibility index (Phi) is 3.87. The fraction of sp³-hybridized carbons (Fsp3) is 0.750. The lowest BCUT2D eigenvalue weighted by Gasteiger charge is -2.38. The predicted octanol–water partition coefficient (Wildman–Crippen LogP) is 2.30. The molecule has 2 nitrogen and oxygen atoms in total. The summed E-state index contributed by atoms with van der Waals surface area (Å²) >= 11 is 0. The maximum Gasteiger partial charge on any atom is 0.149 e. The van der Waals surface area contributed by atoms with Gasteiger partial charge in [0.1, 0.15) is 5.78 Å². The van der Waals surface area contributed by atoms with Gasteiger partial charge in [-0.25, -0.2) is 0 Å². The molecule has 1 fully saturated rings. The van der Waals surface area contributed by atoms with Crippen molar-refractivity contribution in [3.63, 3.8) is 0 Å². The number of carbonyl (C=O) groups excluding carboxylic acids is 1. The topological polar surface area (TPSA) is 29.1 Å². The summed E-state index contributed by atoms with van der Waals surface area (Å²) in [7, 11) is 1.90. The van der Waals surface area contributed by atoms with Crippen LogP contribution in [0.15, 0.2) is 12.7 Å². The predicted molar refractivity (Wildman–Crippen MR) is 59.2 cm³/mol. The molecule has 1 aliphatic carbocycles. The number of carbonyl (C=O) groups is 1. The largest absolute Gasteiger partial charge is 0.308 e. The first-order valence-corrected chi connectivity index (χ1v) is 5.45. The van der Waals surface area contributed by atoms with Crippen LogP contribution in [0, 0.1) is 5.92 Å². The van der Waals surface area contributed by atoms with E-state index in [0.717, 1.165) is 25.7 Å². The summed E-state index contributed by atoms with van der Waals surface area (Å²) in [6.45, 7) is 5.47. The normalized spacial score (nSPS) is 32.6. The molecule has 0 aliphatic heterocycles. The first-order valence-electron chi connectivity index (χ1n) is 5.45. The van der Waals surface area contributed by atoms with Crippen molar-refractivity contribution in [2.45, 2.75) is 44.6 Å². The minimum Gasteiger partial charge on any atom is -0.308 e. The Morgan fingerprint density at radius 1 is 1.71 bits per heavy atom. The van der Waals surface area contributed by atoms with Crippen LogP contribution in [0.25, 0.3) is 0 Å². The minimum absolute atomic E-state index is 0.244. The molecule has 1 saturated carbocycles. The van der Waals surface area contributed by atoms with Crippen LogP contribution in [0.5, 0.6) is 0 Å². The van der Waals surface area contributed by atoms with Gasteiger partial charge in [-0.2, -0.15) is 0 Å². The molecule has 0 radical (unpaired) electrons. The monoisotopic (exact) mass is 195 g/mol. The Labute approximate surface area is 86.8 Å². The molecule has 0 aromatic rings. The van der Waals surface area contributed by atoms with Crippen molar-refractivity contribution in [1.82, 2.24) is 5.32 Å². The van der Waals surface area contributed by atoms with E-state index in [2.05, 4.69) is 11.9 Å². The molecular formula is C12H21NO. The molecule has 1 aliphatic rings. The number of ketones is 1. The first-order chi connectivity index (χ1) is 6.64. The smallest absolute Gasteiger partial charge is 0.149 e. The van der Waals surface area contributed by atoms with Crippen LogP contribution in [0.2, 0.25) is 0 Å². The number of Topliss-reactive ketones (excluding diaryl/α,β-unsaturated/α-hetero) is 1. The van der Waals surface area contributed by atoms with Crippen LogP contribution in [-0.4, -0.2) is 18.4 Å². The van der Waals surface area contributed by atoms with E-state index in [4.69, 9.17) is 0 Å². The fourth-order valence-electron chi connectivity index (χ4n) is 2.55. The van der Waals surface area contributed by atoms with Crippen molar-refractivity contribution >= 4 is 5.78 Å². The molecule has 1 rings (SSSR count). The quantitative estimate of drug-likeness (QED) is 0.697. The van der Waals surface area contributed by atoms with E-state index < -0.39 is 0 Å². The first kappa shape index (κ1) is 11.4. The van der Waals surface area contributed by atoms with Crippen molar-refractivity contribution in [3.05, 3.63) is 12.7 Å². The van der Waals surface area contributed by atoms with Gasteiger partial charge in [-0.1, -0.05) is 12.5 Å². The lowest BCUT2D eigenvalue weighted by Crippen LogP contribution is -2.52. The lowest BCUT2D eigenvalue weighted by molar-refractivity contribution is -0.125. The molecule has 0 amide bonds. The van der Waals surface area contributed by atoms with Crippen molar-refractivity contribution in [3.8, 4) is 0 Å². The third-order valence-corrected chi connectivity index (χ3v) is 3.51. The van der Waals surface area contributed by atoms with Crippen molar-refractivity contribution < 1.29 is 4.79 Å². The third kappa shape index (κ3) is 2.24. The highest BCUT2D eigenvalue weighted by Gasteiger charge is 2.38. The second kappa shape index (κ2) is 4.74. The van der Waals surface area contributed by atoms with Gasteiger partial charge in [0, 0.05) is 0 Å². The maximum absolute atomic E-state index is 11.6. The van der Waals surface area contributed by atoms with Gasteiger partial charge in [-0.15, -0.1) is 6.58 Å². The Balaban J connectivity index is 2.68. The van der Waals surface area contributed by atoms with Crippen LogP contribution in [0.1, 0.15) is 39.0 Å². The summed E-state index contributed by atoms with van der Waals surface area (Å²) in [5.41, 5.74) is -0.244. The molecule has 0 aromatic carbocycles. The minimum atomic E-state index is -0.244. The molecule has 2 atom stereocenters. The van der Waals surface area contributed by atoms with Crippen LogP contribution in [-0.2, 0) is 4.79 Å². The van der Waals surface area contributed by atoms with Crippen LogP contribution >= 0.6 is 0 Å². The molecule has 2 unspecified atom stereocenters.